The maximum Gasteiger partial charge on any atom is 0.307 e. The van der Waals surface area contributed by atoms with Crippen LogP contribution in [0.2, 0.25) is 0 Å². The third-order valence-corrected chi connectivity index (χ3v) is 1.88. The Bertz CT molecular complexity index is 448. The van der Waals surface area contributed by atoms with Crippen LogP contribution in [0.15, 0.2) is 35.2 Å². The van der Waals surface area contributed by atoms with Crippen molar-refractivity contribution in [3.05, 3.63) is 36.2 Å². The molecule has 0 aromatic carbocycles. The summed E-state index contributed by atoms with van der Waals surface area (Å²) in [5.41, 5.74) is 1.96. The van der Waals surface area contributed by atoms with Crippen LogP contribution in [0.25, 0.3) is 11.4 Å². The average molecular weight is 204 g/mol. The van der Waals surface area contributed by atoms with Crippen molar-refractivity contribution in [2.75, 3.05) is 0 Å². The summed E-state index contributed by atoms with van der Waals surface area (Å²) in [5, 5.41) is 12.3. The van der Waals surface area contributed by atoms with E-state index >= 15 is 0 Å². The van der Waals surface area contributed by atoms with Crippen LogP contribution in [0.1, 0.15) is 5.56 Å². The lowest BCUT2D eigenvalue weighted by atomic mass is 10.2. The molecule has 15 heavy (non-hydrogen) atoms. The quantitative estimate of drug-likeness (QED) is 0.816. The first-order chi connectivity index (χ1) is 7.25. The largest absolute Gasteiger partial charge is 0.481 e. The second kappa shape index (κ2) is 3.91. The molecule has 0 aliphatic rings. The molecule has 0 bridgehead atoms. The summed E-state index contributed by atoms with van der Waals surface area (Å²) >= 11 is 0. The molecule has 0 aliphatic heterocycles. The van der Waals surface area contributed by atoms with Gasteiger partial charge in [-0.3, -0.25) is 9.78 Å². The van der Waals surface area contributed by atoms with E-state index in [-0.39, 0.29) is 6.42 Å². The molecule has 1 N–H and O–H groups in total. The van der Waals surface area contributed by atoms with Crippen LogP contribution < -0.4 is 0 Å². The average Bonchev–Trinajstić information content (AvgIpc) is 2.71. The van der Waals surface area contributed by atoms with Gasteiger partial charge in [-0.25, -0.2) is 0 Å². The number of aliphatic carboxylic acids is 1. The molecule has 0 radical (unpaired) electrons. The van der Waals surface area contributed by atoms with Crippen molar-refractivity contribution in [3.63, 3.8) is 0 Å². The highest BCUT2D eigenvalue weighted by Gasteiger charge is 2.04. The molecular formula is C10H8N2O3. The number of pyridine rings is 1. The Hall–Kier alpha value is -2.17. The highest BCUT2D eigenvalue weighted by atomic mass is 16.5. The third-order valence-electron chi connectivity index (χ3n) is 1.88. The normalized spacial score (nSPS) is 10.1. The third kappa shape index (κ3) is 2.19. The Morgan fingerprint density at radius 3 is 2.73 bits per heavy atom. The van der Waals surface area contributed by atoms with Crippen molar-refractivity contribution in [2.24, 2.45) is 0 Å². The smallest absolute Gasteiger partial charge is 0.307 e. The zero-order chi connectivity index (χ0) is 10.7. The lowest BCUT2D eigenvalue weighted by Crippen LogP contribution is -2.00. The zero-order valence-electron chi connectivity index (χ0n) is 7.75. The van der Waals surface area contributed by atoms with Crippen molar-refractivity contribution in [1.29, 1.82) is 0 Å². The van der Waals surface area contributed by atoms with Crippen LogP contribution in [-0.4, -0.2) is 21.2 Å². The maximum absolute atomic E-state index is 10.4. The maximum atomic E-state index is 10.4. The first-order valence-corrected chi connectivity index (χ1v) is 4.33. The molecule has 0 spiro atoms. The van der Waals surface area contributed by atoms with Crippen molar-refractivity contribution >= 4 is 5.97 Å². The predicted molar refractivity (Wildman–Crippen MR) is 51.1 cm³/mol. The van der Waals surface area contributed by atoms with Crippen molar-refractivity contribution < 1.29 is 14.4 Å². The van der Waals surface area contributed by atoms with Crippen LogP contribution in [0.5, 0.6) is 0 Å². The molecule has 0 saturated carbocycles. The van der Waals surface area contributed by atoms with Crippen molar-refractivity contribution in [1.82, 2.24) is 10.1 Å². The van der Waals surface area contributed by atoms with E-state index < -0.39 is 5.97 Å². The highest BCUT2D eigenvalue weighted by Crippen LogP contribution is 2.14. The fourth-order valence-corrected chi connectivity index (χ4v) is 1.20. The Morgan fingerprint density at radius 2 is 2.20 bits per heavy atom. The van der Waals surface area contributed by atoms with Gasteiger partial charge in [-0.15, -0.1) is 0 Å². The molecule has 5 heteroatoms. The fraction of sp³-hybridized carbons (Fsp3) is 0.100. The van der Waals surface area contributed by atoms with Gasteiger partial charge in [0.05, 0.1) is 12.1 Å². The molecule has 0 unspecified atom stereocenters. The van der Waals surface area contributed by atoms with Gasteiger partial charge in [-0.1, -0.05) is 11.2 Å². The number of hydrogen-bond donors (Lipinski definition) is 1. The minimum absolute atomic E-state index is 0.0217. The van der Waals surface area contributed by atoms with E-state index in [9.17, 15) is 4.79 Å². The Kier molecular flexibility index (Phi) is 2.45. The number of aromatic nitrogens is 2. The van der Waals surface area contributed by atoms with E-state index in [1.165, 1.54) is 12.5 Å². The minimum Gasteiger partial charge on any atom is -0.481 e. The van der Waals surface area contributed by atoms with Crippen LogP contribution in [-0.2, 0) is 11.2 Å². The standard InChI is InChI=1S/C10H8N2O3/c13-10(14)5-7-1-2-8(11-6-7)9-3-4-15-12-9/h1-4,6H,5H2,(H,13,14). The van der Waals surface area contributed by atoms with Crippen LogP contribution in [0.4, 0.5) is 0 Å². The van der Waals surface area contributed by atoms with Gasteiger partial charge in [0.2, 0.25) is 0 Å². The summed E-state index contributed by atoms with van der Waals surface area (Å²) in [5.74, 6) is -0.869. The molecule has 0 saturated heterocycles. The molecule has 2 aromatic rings. The van der Waals surface area contributed by atoms with Gasteiger partial charge >= 0.3 is 5.97 Å². The molecule has 0 fully saturated rings. The van der Waals surface area contributed by atoms with Crippen LogP contribution in [0.3, 0.4) is 0 Å². The summed E-state index contributed by atoms with van der Waals surface area (Å²) in [6.07, 6.45) is 2.96. The lowest BCUT2D eigenvalue weighted by molar-refractivity contribution is -0.136. The van der Waals surface area contributed by atoms with Gasteiger partial charge in [-0.05, 0) is 11.6 Å². The number of hydrogen-bond acceptors (Lipinski definition) is 4. The fourth-order valence-electron chi connectivity index (χ4n) is 1.20. The summed E-state index contributed by atoms with van der Waals surface area (Å²) in [7, 11) is 0. The lowest BCUT2D eigenvalue weighted by Gasteiger charge is -1.97. The van der Waals surface area contributed by atoms with E-state index in [0.29, 0.717) is 17.0 Å². The van der Waals surface area contributed by atoms with E-state index in [1.54, 1.807) is 18.2 Å². The van der Waals surface area contributed by atoms with Gasteiger partial charge in [0.1, 0.15) is 12.0 Å². The molecule has 76 valence electrons. The number of carboxylic acids is 1. The van der Waals surface area contributed by atoms with Gasteiger partial charge in [0.25, 0.3) is 0 Å². The topological polar surface area (TPSA) is 76.2 Å². The summed E-state index contributed by atoms with van der Waals surface area (Å²) in [6, 6.07) is 5.13. The van der Waals surface area contributed by atoms with E-state index in [2.05, 4.69) is 14.7 Å². The SMILES string of the molecule is O=C(O)Cc1ccc(-c2ccon2)nc1. The van der Waals surface area contributed by atoms with E-state index in [0.717, 1.165) is 0 Å². The van der Waals surface area contributed by atoms with Gasteiger partial charge in [0, 0.05) is 12.3 Å². The summed E-state index contributed by atoms with van der Waals surface area (Å²) in [4.78, 5) is 14.5. The number of carboxylic acid groups (broad SMARTS) is 1. The number of carbonyl (C=O) groups is 1. The molecular weight excluding hydrogens is 196 g/mol. The Morgan fingerprint density at radius 1 is 1.33 bits per heavy atom. The van der Waals surface area contributed by atoms with Crippen molar-refractivity contribution in [3.8, 4) is 11.4 Å². The van der Waals surface area contributed by atoms with E-state index in [1.807, 2.05) is 0 Å². The predicted octanol–water partition coefficient (Wildman–Crippen LogP) is 1.36. The molecule has 5 nitrogen and oxygen atoms in total. The van der Waals surface area contributed by atoms with Gasteiger partial charge in [-0.2, -0.15) is 0 Å². The van der Waals surface area contributed by atoms with Gasteiger partial charge in [0.15, 0.2) is 0 Å². The molecule has 0 aliphatic carbocycles. The zero-order valence-corrected chi connectivity index (χ0v) is 7.75. The Labute approximate surface area is 85.4 Å². The highest BCUT2D eigenvalue weighted by molar-refractivity contribution is 5.70. The Balaban J connectivity index is 2.21. The first kappa shape index (κ1) is 9.39. The number of rotatable bonds is 3. The molecule has 2 heterocycles. The second-order valence-corrected chi connectivity index (χ2v) is 3.01. The van der Waals surface area contributed by atoms with E-state index in [4.69, 9.17) is 5.11 Å². The van der Waals surface area contributed by atoms with Gasteiger partial charge < -0.3 is 9.63 Å². The van der Waals surface area contributed by atoms with Crippen LogP contribution >= 0.6 is 0 Å². The number of nitrogens with zero attached hydrogens (tertiary/aromatic N) is 2. The second-order valence-electron chi connectivity index (χ2n) is 3.01. The molecule has 2 rings (SSSR count). The minimum atomic E-state index is -0.869. The first-order valence-electron chi connectivity index (χ1n) is 4.33. The van der Waals surface area contributed by atoms with Crippen LogP contribution in [0, 0.1) is 0 Å². The monoisotopic (exact) mass is 204 g/mol. The molecule has 2 aromatic heterocycles. The summed E-state index contributed by atoms with van der Waals surface area (Å²) in [6.45, 7) is 0. The summed E-state index contributed by atoms with van der Waals surface area (Å²) < 4.78 is 4.68. The molecule has 0 atom stereocenters. The molecule has 0 amide bonds. The van der Waals surface area contributed by atoms with Crippen molar-refractivity contribution in [2.45, 2.75) is 6.42 Å².